The molecule has 1 fully saturated rings. The van der Waals surface area contributed by atoms with Crippen LogP contribution in [0, 0.1) is 13.8 Å². The van der Waals surface area contributed by atoms with Crippen LogP contribution in [0.4, 0.5) is 10.5 Å². The number of allylic oxidation sites excluding steroid dienone is 1. The fraction of sp³-hybridized carbons (Fsp3) is 0.571. The van der Waals surface area contributed by atoms with Gasteiger partial charge in [0.25, 0.3) is 0 Å². The van der Waals surface area contributed by atoms with Crippen molar-refractivity contribution in [1.29, 1.82) is 0 Å². The third-order valence-corrected chi connectivity index (χ3v) is 5.38. The summed E-state index contributed by atoms with van der Waals surface area (Å²) in [6.45, 7) is 8.46. The summed E-state index contributed by atoms with van der Waals surface area (Å²) in [6.07, 6.45) is 8.42. The number of carbonyl (C=O) groups excluding carboxylic acids is 1. The molecule has 1 saturated heterocycles. The molecule has 1 aliphatic heterocycles. The van der Waals surface area contributed by atoms with Gasteiger partial charge in [0.05, 0.1) is 0 Å². The molecule has 136 valence electrons. The van der Waals surface area contributed by atoms with Gasteiger partial charge in [0, 0.05) is 38.4 Å². The first-order chi connectivity index (χ1) is 12.1. The SMILES string of the molecule is Cc1ccc(C)c(N2CCN(C(=O)NCCC3=CCCCC3)CC2)c1. The van der Waals surface area contributed by atoms with Gasteiger partial charge in [0.2, 0.25) is 0 Å². The summed E-state index contributed by atoms with van der Waals surface area (Å²) in [5, 5.41) is 3.10. The van der Waals surface area contributed by atoms with E-state index in [9.17, 15) is 4.79 Å². The molecule has 1 N–H and O–H groups in total. The molecule has 1 aromatic rings. The number of nitrogens with zero attached hydrogens (tertiary/aromatic N) is 2. The second kappa shape index (κ2) is 8.41. The van der Waals surface area contributed by atoms with Crippen molar-refractivity contribution in [2.75, 3.05) is 37.6 Å². The highest BCUT2D eigenvalue weighted by atomic mass is 16.2. The molecule has 2 amide bonds. The van der Waals surface area contributed by atoms with Crippen LogP contribution in [0.2, 0.25) is 0 Å². The van der Waals surface area contributed by atoms with E-state index in [0.717, 1.165) is 39.1 Å². The topological polar surface area (TPSA) is 35.6 Å². The Morgan fingerprint density at radius 1 is 1.12 bits per heavy atom. The predicted molar refractivity (Wildman–Crippen MR) is 104 cm³/mol. The normalized spacial score (nSPS) is 18.1. The summed E-state index contributed by atoms with van der Waals surface area (Å²) >= 11 is 0. The predicted octanol–water partition coefficient (Wildman–Crippen LogP) is 4.03. The standard InChI is InChI=1S/C21H31N3O/c1-17-8-9-18(2)20(16-17)23-12-14-24(15-13-23)21(25)22-11-10-19-6-4-3-5-7-19/h6,8-9,16H,3-5,7,10-15H2,1-2H3,(H,22,25). The van der Waals surface area contributed by atoms with Crippen molar-refractivity contribution in [3.05, 3.63) is 41.0 Å². The van der Waals surface area contributed by atoms with Crippen molar-refractivity contribution < 1.29 is 4.79 Å². The summed E-state index contributed by atoms with van der Waals surface area (Å²) in [5.41, 5.74) is 5.43. The summed E-state index contributed by atoms with van der Waals surface area (Å²) in [7, 11) is 0. The van der Waals surface area contributed by atoms with Crippen LogP contribution < -0.4 is 10.2 Å². The fourth-order valence-corrected chi connectivity index (χ4v) is 3.78. The monoisotopic (exact) mass is 341 g/mol. The number of piperazine rings is 1. The molecule has 2 aliphatic rings. The molecule has 25 heavy (non-hydrogen) atoms. The first-order valence-corrected chi connectivity index (χ1v) is 9.66. The van der Waals surface area contributed by atoms with Gasteiger partial charge in [0.1, 0.15) is 0 Å². The van der Waals surface area contributed by atoms with Gasteiger partial charge in [-0.3, -0.25) is 0 Å². The van der Waals surface area contributed by atoms with E-state index in [1.165, 1.54) is 48.1 Å². The second-order valence-corrected chi connectivity index (χ2v) is 7.35. The highest BCUT2D eigenvalue weighted by Gasteiger charge is 2.22. The minimum atomic E-state index is 0.0945. The Labute approximate surface area is 151 Å². The largest absolute Gasteiger partial charge is 0.368 e. The van der Waals surface area contributed by atoms with Crippen LogP contribution in [0.3, 0.4) is 0 Å². The number of benzene rings is 1. The lowest BCUT2D eigenvalue weighted by Crippen LogP contribution is -2.52. The maximum Gasteiger partial charge on any atom is 0.317 e. The molecule has 1 aromatic carbocycles. The molecule has 4 nitrogen and oxygen atoms in total. The lowest BCUT2D eigenvalue weighted by atomic mass is 9.97. The van der Waals surface area contributed by atoms with Crippen LogP contribution in [-0.4, -0.2) is 43.7 Å². The van der Waals surface area contributed by atoms with Crippen molar-refractivity contribution >= 4 is 11.7 Å². The molecule has 0 bridgehead atoms. The number of amides is 2. The summed E-state index contributed by atoms with van der Waals surface area (Å²) in [6, 6.07) is 6.69. The maximum absolute atomic E-state index is 12.4. The quantitative estimate of drug-likeness (QED) is 0.840. The lowest BCUT2D eigenvalue weighted by molar-refractivity contribution is 0.194. The van der Waals surface area contributed by atoms with Crippen LogP contribution in [0.25, 0.3) is 0 Å². The van der Waals surface area contributed by atoms with E-state index in [0.29, 0.717) is 0 Å². The molecule has 4 heteroatoms. The van der Waals surface area contributed by atoms with E-state index < -0.39 is 0 Å². The fourth-order valence-electron chi connectivity index (χ4n) is 3.78. The third kappa shape index (κ3) is 4.77. The molecule has 0 aromatic heterocycles. The molecular weight excluding hydrogens is 310 g/mol. The van der Waals surface area contributed by atoms with Crippen LogP contribution in [0.1, 0.15) is 43.2 Å². The second-order valence-electron chi connectivity index (χ2n) is 7.35. The number of rotatable bonds is 4. The zero-order chi connectivity index (χ0) is 17.6. The molecular formula is C21H31N3O. The van der Waals surface area contributed by atoms with Crippen molar-refractivity contribution in [2.24, 2.45) is 0 Å². The number of anilines is 1. The van der Waals surface area contributed by atoms with Gasteiger partial charge in [0.15, 0.2) is 0 Å². The van der Waals surface area contributed by atoms with E-state index >= 15 is 0 Å². The van der Waals surface area contributed by atoms with Crippen LogP contribution in [-0.2, 0) is 0 Å². The first-order valence-electron chi connectivity index (χ1n) is 9.66. The molecule has 0 unspecified atom stereocenters. The van der Waals surface area contributed by atoms with E-state index in [2.05, 4.69) is 48.3 Å². The molecule has 0 spiro atoms. The van der Waals surface area contributed by atoms with Crippen LogP contribution >= 0.6 is 0 Å². The van der Waals surface area contributed by atoms with Crippen LogP contribution in [0.5, 0.6) is 0 Å². The highest BCUT2D eigenvalue weighted by Crippen LogP contribution is 2.23. The Kier molecular flexibility index (Phi) is 6.00. The number of carbonyl (C=O) groups is 1. The van der Waals surface area contributed by atoms with Crippen molar-refractivity contribution in [2.45, 2.75) is 46.0 Å². The van der Waals surface area contributed by atoms with Crippen molar-refractivity contribution in [1.82, 2.24) is 10.2 Å². The molecule has 3 rings (SSSR count). The summed E-state index contributed by atoms with van der Waals surface area (Å²) in [4.78, 5) is 16.7. The van der Waals surface area contributed by atoms with Gasteiger partial charge >= 0.3 is 6.03 Å². The van der Waals surface area contributed by atoms with Crippen molar-refractivity contribution in [3.8, 4) is 0 Å². The Morgan fingerprint density at radius 2 is 1.92 bits per heavy atom. The van der Waals surface area contributed by atoms with E-state index in [1.54, 1.807) is 0 Å². The number of hydrogen-bond acceptors (Lipinski definition) is 2. The zero-order valence-corrected chi connectivity index (χ0v) is 15.7. The Balaban J connectivity index is 1.44. The maximum atomic E-state index is 12.4. The average Bonchev–Trinajstić information content (AvgIpc) is 2.65. The number of nitrogens with one attached hydrogen (secondary N) is 1. The van der Waals surface area contributed by atoms with Crippen molar-refractivity contribution in [3.63, 3.8) is 0 Å². The van der Waals surface area contributed by atoms with E-state index in [4.69, 9.17) is 0 Å². The zero-order valence-electron chi connectivity index (χ0n) is 15.7. The van der Waals surface area contributed by atoms with Crippen LogP contribution in [0.15, 0.2) is 29.8 Å². The number of urea groups is 1. The molecule has 0 atom stereocenters. The summed E-state index contributed by atoms with van der Waals surface area (Å²) < 4.78 is 0. The van der Waals surface area contributed by atoms with E-state index in [-0.39, 0.29) is 6.03 Å². The average molecular weight is 341 g/mol. The molecule has 0 saturated carbocycles. The number of hydrogen-bond donors (Lipinski definition) is 1. The van der Waals surface area contributed by atoms with Gasteiger partial charge in [-0.1, -0.05) is 23.8 Å². The smallest absolute Gasteiger partial charge is 0.317 e. The van der Waals surface area contributed by atoms with Gasteiger partial charge in [-0.2, -0.15) is 0 Å². The lowest BCUT2D eigenvalue weighted by Gasteiger charge is -2.37. The van der Waals surface area contributed by atoms with E-state index in [1.807, 2.05) is 4.90 Å². The Bertz CT molecular complexity index is 630. The van der Waals surface area contributed by atoms with Gasteiger partial charge in [-0.15, -0.1) is 0 Å². The Hall–Kier alpha value is -1.97. The minimum Gasteiger partial charge on any atom is -0.368 e. The third-order valence-electron chi connectivity index (χ3n) is 5.38. The van der Waals surface area contributed by atoms with Gasteiger partial charge < -0.3 is 15.1 Å². The van der Waals surface area contributed by atoms with Gasteiger partial charge in [-0.25, -0.2) is 4.79 Å². The molecule has 1 aliphatic carbocycles. The van der Waals surface area contributed by atoms with Gasteiger partial charge in [-0.05, 0) is 63.1 Å². The first kappa shape index (κ1) is 17.8. The summed E-state index contributed by atoms with van der Waals surface area (Å²) in [5.74, 6) is 0. The minimum absolute atomic E-state index is 0.0945. The molecule has 0 radical (unpaired) electrons. The Morgan fingerprint density at radius 3 is 2.64 bits per heavy atom. The highest BCUT2D eigenvalue weighted by molar-refractivity contribution is 5.74. The number of aryl methyl sites for hydroxylation is 2. The molecule has 1 heterocycles.